The molecule has 0 aliphatic rings. The van der Waals surface area contributed by atoms with Crippen LogP contribution in [0.5, 0.6) is 0 Å². The second-order valence-corrected chi connectivity index (χ2v) is 4.68. The first kappa shape index (κ1) is 13.2. The molecular weight excluding hydrogens is 241 g/mol. The molecule has 1 rings (SSSR count). The minimum absolute atomic E-state index is 0.127. The van der Waals surface area contributed by atoms with E-state index < -0.39 is 11.2 Å². The van der Waals surface area contributed by atoms with Crippen molar-refractivity contribution in [2.75, 3.05) is 11.9 Å². The summed E-state index contributed by atoms with van der Waals surface area (Å²) in [6.07, 6.45) is -4.43. The van der Waals surface area contributed by atoms with Crippen LogP contribution in [0.1, 0.15) is 18.9 Å². The van der Waals surface area contributed by atoms with Gasteiger partial charge in [-0.2, -0.15) is 13.2 Å². The lowest BCUT2D eigenvalue weighted by Crippen LogP contribution is -2.33. The van der Waals surface area contributed by atoms with E-state index in [4.69, 9.17) is 5.73 Å². The van der Waals surface area contributed by atoms with Crippen LogP contribution in [0.25, 0.3) is 0 Å². The van der Waals surface area contributed by atoms with E-state index in [9.17, 15) is 13.2 Å². The van der Waals surface area contributed by atoms with Crippen LogP contribution in [-0.4, -0.2) is 22.8 Å². The van der Waals surface area contributed by atoms with Crippen molar-refractivity contribution < 1.29 is 13.2 Å². The number of halogens is 3. The summed E-state index contributed by atoms with van der Waals surface area (Å²) >= 11 is 0.480. The Kier molecular flexibility index (Phi) is 4.09. The Hall–Kier alpha value is -0.890. The SMILES string of the molecule is CC(C)C(N)CNc1nnc(C(F)(F)F)s1. The Morgan fingerprint density at radius 3 is 2.44 bits per heavy atom. The molecule has 16 heavy (non-hydrogen) atoms. The van der Waals surface area contributed by atoms with Gasteiger partial charge in [-0.3, -0.25) is 0 Å². The number of aromatic nitrogens is 2. The summed E-state index contributed by atoms with van der Waals surface area (Å²) in [5, 5.41) is 8.38. The van der Waals surface area contributed by atoms with Crippen LogP contribution in [0.4, 0.5) is 18.3 Å². The molecule has 4 nitrogen and oxygen atoms in total. The molecule has 0 fully saturated rings. The fourth-order valence-electron chi connectivity index (χ4n) is 0.850. The van der Waals surface area contributed by atoms with Crippen molar-refractivity contribution in [1.29, 1.82) is 0 Å². The number of nitrogens with one attached hydrogen (secondary N) is 1. The third kappa shape index (κ3) is 3.60. The smallest absolute Gasteiger partial charge is 0.359 e. The van der Waals surface area contributed by atoms with Gasteiger partial charge in [-0.1, -0.05) is 25.2 Å². The van der Waals surface area contributed by atoms with Gasteiger partial charge in [0.1, 0.15) is 0 Å². The third-order valence-corrected chi connectivity index (χ3v) is 2.94. The lowest BCUT2D eigenvalue weighted by Gasteiger charge is -2.15. The largest absolute Gasteiger partial charge is 0.445 e. The summed E-state index contributed by atoms with van der Waals surface area (Å²) in [7, 11) is 0. The molecule has 1 aromatic heterocycles. The van der Waals surface area contributed by atoms with Crippen molar-refractivity contribution in [3.63, 3.8) is 0 Å². The Labute approximate surface area is 95.1 Å². The van der Waals surface area contributed by atoms with Gasteiger partial charge >= 0.3 is 6.18 Å². The average molecular weight is 254 g/mol. The predicted molar refractivity (Wildman–Crippen MR) is 56.2 cm³/mol. The first-order valence-electron chi connectivity index (χ1n) is 4.71. The first-order valence-corrected chi connectivity index (χ1v) is 5.52. The number of hydrogen-bond acceptors (Lipinski definition) is 5. The van der Waals surface area contributed by atoms with E-state index in [1.165, 1.54) is 0 Å². The number of anilines is 1. The molecule has 0 amide bonds. The van der Waals surface area contributed by atoms with Gasteiger partial charge in [0, 0.05) is 12.6 Å². The quantitative estimate of drug-likeness (QED) is 0.862. The normalized spacial score (nSPS) is 14.2. The molecule has 1 aromatic rings. The van der Waals surface area contributed by atoms with Crippen molar-refractivity contribution >= 4 is 16.5 Å². The van der Waals surface area contributed by atoms with Crippen LogP contribution in [0.3, 0.4) is 0 Å². The van der Waals surface area contributed by atoms with Gasteiger partial charge < -0.3 is 11.1 Å². The molecule has 0 saturated carbocycles. The zero-order valence-corrected chi connectivity index (χ0v) is 9.69. The van der Waals surface area contributed by atoms with Gasteiger partial charge in [-0.15, -0.1) is 10.2 Å². The number of nitrogens with zero attached hydrogens (tertiary/aromatic N) is 2. The Morgan fingerprint density at radius 1 is 1.38 bits per heavy atom. The molecule has 0 radical (unpaired) electrons. The fourth-order valence-corrected chi connectivity index (χ4v) is 1.47. The molecule has 92 valence electrons. The minimum atomic E-state index is -4.43. The standard InChI is InChI=1S/C8H13F3N4S/c1-4(2)5(12)3-13-7-15-14-6(16-7)8(9,10)11/h4-5H,3,12H2,1-2H3,(H,13,15). The van der Waals surface area contributed by atoms with E-state index in [2.05, 4.69) is 15.5 Å². The molecule has 0 aliphatic heterocycles. The molecule has 3 N–H and O–H groups in total. The molecule has 0 bridgehead atoms. The Bertz CT molecular complexity index is 336. The monoisotopic (exact) mass is 254 g/mol. The lowest BCUT2D eigenvalue weighted by atomic mass is 10.1. The molecule has 8 heteroatoms. The zero-order chi connectivity index (χ0) is 12.3. The van der Waals surface area contributed by atoms with Crippen molar-refractivity contribution in [3.8, 4) is 0 Å². The second kappa shape index (κ2) is 4.96. The highest BCUT2D eigenvalue weighted by Crippen LogP contribution is 2.32. The highest BCUT2D eigenvalue weighted by Gasteiger charge is 2.35. The summed E-state index contributed by atoms with van der Waals surface area (Å²) in [4.78, 5) is 0. The topological polar surface area (TPSA) is 63.8 Å². The molecule has 0 aromatic carbocycles. The Balaban J connectivity index is 2.53. The van der Waals surface area contributed by atoms with Crippen molar-refractivity contribution in [2.45, 2.75) is 26.1 Å². The van der Waals surface area contributed by atoms with Gasteiger partial charge in [-0.05, 0) is 5.92 Å². The van der Waals surface area contributed by atoms with E-state index in [-0.39, 0.29) is 17.1 Å². The van der Waals surface area contributed by atoms with E-state index in [1.54, 1.807) is 0 Å². The van der Waals surface area contributed by atoms with E-state index >= 15 is 0 Å². The van der Waals surface area contributed by atoms with Crippen LogP contribution < -0.4 is 11.1 Å². The number of hydrogen-bond donors (Lipinski definition) is 2. The summed E-state index contributed by atoms with van der Waals surface area (Å²) in [6.45, 7) is 4.26. The second-order valence-electron chi connectivity index (χ2n) is 3.70. The zero-order valence-electron chi connectivity index (χ0n) is 8.88. The summed E-state index contributed by atoms with van der Waals surface area (Å²) in [5.74, 6) is 0.252. The summed E-state index contributed by atoms with van der Waals surface area (Å²) in [5.41, 5.74) is 5.73. The number of alkyl halides is 3. The van der Waals surface area contributed by atoms with E-state index in [1.807, 2.05) is 13.8 Å². The van der Waals surface area contributed by atoms with Gasteiger partial charge in [0.25, 0.3) is 0 Å². The first-order chi connectivity index (χ1) is 7.30. The predicted octanol–water partition coefficient (Wildman–Crippen LogP) is 1.95. The van der Waals surface area contributed by atoms with Crippen LogP contribution in [0, 0.1) is 5.92 Å². The van der Waals surface area contributed by atoms with Crippen molar-refractivity contribution in [2.24, 2.45) is 11.7 Å². The fraction of sp³-hybridized carbons (Fsp3) is 0.750. The highest BCUT2D eigenvalue weighted by molar-refractivity contribution is 7.15. The van der Waals surface area contributed by atoms with Gasteiger partial charge in [0.2, 0.25) is 10.1 Å². The minimum Gasteiger partial charge on any atom is -0.359 e. The molecule has 0 spiro atoms. The number of nitrogens with two attached hydrogens (primary N) is 1. The van der Waals surface area contributed by atoms with Gasteiger partial charge in [0.15, 0.2) is 0 Å². The molecule has 0 aliphatic carbocycles. The average Bonchev–Trinajstić information content (AvgIpc) is 2.61. The van der Waals surface area contributed by atoms with Crippen LogP contribution >= 0.6 is 11.3 Å². The van der Waals surface area contributed by atoms with E-state index in [0.29, 0.717) is 17.9 Å². The van der Waals surface area contributed by atoms with Crippen LogP contribution in [0.2, 0.25) is 0 Å². The van der Waals surface area contributed by atoms with Crippen molar-refractivity contribution in [3.05, 3.63) is 5.01 Å². The number of rotatable bonds is 4. The highest BCUT2D eigenvalue weighted by atomic mass is 32.1. The van der Waals surface area contributed by atoms with E-state index in [0.717, 1.165) is 0 Å². The maximum Gasteiger partial charge on any atom is 0.445 e. The molecule has 0 saturated heterocycles. The van der Waals surface area contributed by atoms with Gasteiger partial charge in [-0.25, -0.2) is 0 Å². The Morgan fingerprint density at radius 2 is 2.00 bits per heavy atom. The molecular formula is C8H13F3N4S. The van der Waals surface area contributed by atoms with Crippen LogP contribution in [-0.2, 0) is 6.18 Å². The maximum atomic E-state index is 12.2. The van der Waals surface area contributed by atoms with Crippen LogP contribution in [0.15, 0.2) is 0 Å². The summed E-state index contributed by atoms with van der Waals surface area (Å²) < 4.78 is 36.6. The third-order valence-electron chi connectivity index (χ3n) is 2.01. The molecule has 1 unspecified atom stereocenters. The summed E-state index contributed by atoms with van der Waals surface area (Å²) in [6, 6.07) is -0.127. The lowest BCUT2D eigenvalue weighted by molar-refractivity contribution is -0.138. The maximum absolute atomic E-state index is 12.2. The van der Waals surface area contributed by atoms with Gasteiger partial charge in [0.05, 0.1) is 0 Å². The molecule has 1 heterocycles. The van der Waals surface area contributed by atoms with Crippen molar-refractivity contribution in [1.82, 2.24) is 10.2 Å². The molecule has 1 atom stereocenters.